The lowest BCUT2D eigenvalue weighted by atomic mass is 10.00. The van der Waals surface area contributed by atoms with Gasteiger partial charge in [0.05, 0.1) is 13.2 Å². The first-order valence-corrected chi connectivity index (χ1v) is 11.8. The van der Waals surface area contributed by atoms with Gasteiger partial charge in [0.1, 0.15) is 11.5 Å². The van der Waals surface area contributed by atoms with Gasteiger partial charge >= 0.3 is 7.82 Å². The molecule has 6 heteroatoms. The van der Waals surface area contributed by atoms with Crippen molar-refractivity contribution in [2.45, 2.75) is 66.2 Å². The Morgan fingerprint density at radius 2 is 1.54 bits per heavy atom. The van der Waals surface area contributed by atoms with Gasteiger partial charge in [-0.2, -0.15) is 0 Å². The Bertz CT molecular complexity index is 804. The molecule has 1 N–H and O–H groups in total. The number of unbranched alkanes of at least 4 members (excludes halogenated alkanes) is 2. The van der Waals surface area contributed by atoms with Gasteiger partial charge in [-0.3, -0.25) is 9.05 Å². The van der Waals surface area contributed by atoms with Gasteiger partial charge in [0.2, 0.25) is 0 Å². The highest BCUT2D eigenvalue weighted by atomic mass is 31.2. The monoisotopic (exact) mass is 408 g/mol. The predicted molar refractivity (Wildman–Crippen MR) is 114 cm³/mol. The predicted octanol–water partition coefficient (Wildman–Crippen LogP) is 6.79. The topological polar surface area (TPSA) is 65.0 Å². The Balaban J connectivity index is 2.46. The van der Waals surface area contributed by atoms with E-state index in [1.54, 1.807) is 6.07 Å². The van der Waals surface area contributed by atoms with Crippen LogP contribution in [0.5, 0.6) is 11.5 Å². The molecule has 156 valence electrons. The second kappa shape index (κ2) is 10.8. The van der Waals surface area contributed by atoms with E-state index in [1.807, 2.05) is 39.0 Å². The lowest BCUT2D eigenvalue weighted by Crippen LogP contribution is -2.06. The minimum atomic E-state index is -3.76. The first kappa shape index (κ1) is 22.7. The van der Waals surface area contributed by atoms with Crippen molar-refractivity contribution in [2.75, 3.05) is 13.2 Å². The second-order valence-electron chi connectivity index (χ2n) is 6.88. The molecule has 2 aromatic rings. The van der Waals surface area contributed by atoms with Crippen LogP contribution < -0.4 is 4.52 Å². The molecule has 0 aliphatic carbocycles. The van der Waals surface area contributed by atoms with Gasteiger partial charge in [-0.15, -0.1) is 0 Å². The summed E-state index contributed by atoms with van der Waals surface area (Å²) < 4.78 is 30.5. The van der Waals surface area contributed by atoms with Crippen LogP contribution in [0.1, 0.15) is 64.5 Å². The molecule has 5 nitrogen and oxygen atoms in total. The summed E-state index contributed by atoms with van der Waals surface area (Å²) in [5.74, 6) is 0.664. The minimum absolute atomic E-state index is 0.197. The van der Waals surface area contributed by atoms with E-state index in [9.17, 15) is 9.67 Å². The number of phosphoric ester groups is 1. The summed E-state index contributed by atoms with van der Waals surface area (Å²) in [4.78, 5) is 0. The number of phenols is 1. The zero-order chi connectivity index (χ0) is 20.6. The van der Waals surface area contributed by atoms with Crippen molar-refractivity contribution in [3.63, 3.8) is 0 Å². The lowest BCUT2D eigenvalue weighted by Gasteiger charge is -2.22. The number of aromatic hydroxyl groups is 1. The number of benzene rings is 2. The number of phosphoric acid groups is 1. The van der Waals surface area contributed by atoms with Crippen LogP contribution in [0.2, 0.25) is 0 Å². The Morgan fingerprint density at radius 1 is 0.893 bits per heavy atom. The molecule has 0 saturated heterocycles. The van der Waals surface area contributed by atoms with E-state index in [2.05, 4.69) is 6.92 Å². The third-order valence-corrected chi connectivity index (χ3v) is 6.10. The van der Waals surface area contributed by atoms with Crippen LogP contribution in [0.15, 0.2) is 24.3 Å². The zero-order valence-corrected chi connectivity index (χ0v) is 18.4. The average Bonchev–Trinajstić information content (AvgIpc) is 2.70. The summed E-state index contributed by atoms with van der Waals surface area (Å²) >= 11 is 0. The van der Waals surface area contributed by atoms with Gasteiger partial charge in [0.15, 0.2) is 0 Å². The third kappa shape index (κ3) is 5.73. The summed E-state index contributed by atoms with van der Waals surface area (Å²) in [6, 6.07) is 7.52. The molecule has 0 unspecified atom stereocenters. The largest absolute Gasteiger partial charge is 0.530 e. The van der Waals surface area contributed by atoms with Gasteiger partial charge in [0.25, 0.3) is 0 Å². The Hall–Kier alpha value is -1.55. The third-order valence-electron chi connectivity index (χ3n) is 4.69. The molecular weight excluding hydrogens is 375 g/mol. The molecule has 0 aromatic heterocycles. The van der Waals surface area contributed by atoms with E-state index >= 15 is 0 Å². The fourth-order valence-corrected chi connectivity index (χ4v) is 4.24. The first-order chi connectivity index (χ1) is 13.5. The van der Waals surface area contributed by atoms with Crippen LogP contribution >= 0.6 is 7.82 Å². The van der Waals surface area contributed by atoms with E-state index in [0.717, 1.165) is 43.2 Å². The molecule has 0 amide bonds. The summed E-state index contributed by atoms with van der Waals surface area (Å²) in [5.41, 5.74) is 1.88. The van der Waals surface area contributed by atoms with Gasteiger partial charge in [0, 0.05) is 10.8 Å². The number of fused-ring (bicyclic) bond motifs is 1. The Kier molecular flexibility index (Phi) is 8.81. The average molecular weight is 408 g/mol. The molecule has 0 aliphatic heterocycles. The van der Waals surface area contributed by atoms with Gasteiger partial charge in [-0.05, 0) is 48.9 Å². The van der Waals surface area contributed by atoms with Crippen molar-refractivity contribution >= 4 is 18.6 Å². The van der Waals surface area contributed by atoms with E-state index in [4.69, 9.17) is 13.6 Å². The van der Waals surface area contributed by atoms with Crippen LogP contribution in [0, 0.1) is 0 Å². The van der Waals surface area contributed by atoms with Crippen LogP contribution in [0.25, 0.3) is 10.8 Å². The minimum Gasteiger partial charge on any atom is -0.507 e. The summed E-state index contributed by atoms with van der Waals surface area (Å²) in [6.07, 6.45) is 4.90. The maximum Gasteiger partial charge on any atom is 0.530 e. The van der Waals surface area contributed by atoms with Crippen molar-refractivity contribution in [2.24, 2.45) is 0 Å². The number of hydrogen-bond acceptors (Lipinski definition) is 5. The second-order valence-corrected chi connectivity index (χ2v) is 8.48. The van der Waals surface area contributed by atoms with E-state index < -0.39 is 7.82 Å². The molecule has 0 aliphatic rings. The maximum absolute atomic E-state index is 13.3. The van der Waals surface area contributed by atoms with Crippen LogP contribution in [-0.2, 0) is 26.5 Å². The molecule has 0 fully saturated rings. The standard InChI is InChI=1S/C22H33O5P/c1-5-9-13-25-28(24,26-14-10-6-2)27-22-18(8-4)16-21(23)20-15-17(7-3)11-12-19(20)22/h11-12,15-16,23H,5-10,13-14H2,1-4H3. The van der Waals surface area contributed by atoms with Crippen molar-refractivity contribution in [1.82, 2.24) is 0 Å². The highest BCUT2D eigenvalue weighted by molar-refractivity contribution is 7.49. The molecule has 0 radical (unpaired) electrons. The van der Waals surface area contributed by atoms with Crippen LogP contribution in [-0.4, -0.2) is 18.3 Å². The fourth-order valence-electron chi connectivity index (χ4n) is 2.92. The maximum atomic E-state index is 13.3. The molecule has 2 rings (SSSR count). The van der Waals surface area contributed by atoms with Crippen molar-refractivity contribution < 1.29 is 23.2 Å². The number of phenolic OH excluding ortho intramolecular Hbond substituents is 1. The number of hydrogen-bond donors (Lipinski definition) is 1. The van der Waals surface area contributed by atoms with Gasteiger partial charge < -0.3 is 9.63 Å². The smallest absolute Gasteiger partial charge is 0.507 e. The SMILES string of the molecule is CCCCOP(=O)(OCCCC)Oc1c(CC)cc(O)c2cc(CC)ccc12. The molecular formula is C22H33O5P. The Labute approximate surface area is 168 Å². The van der Waals surface area contributed by atoms with Crippen LogP contribution in [0.4, 0.5) is 0 Å². The van der Waals surface area contributed by atoms with Gasteiger partial charge in [-0.25, -0.2) is 4.57 Å². The van der Waals surface area contributed by atoms with Crippen molar-refractivity contribution in [1.29, 1.82) is 0 Å². The fraction of sp³-hybridized carbons (Fsp3) is 0.545. The molecule has 28 heavy (non-hydrogen) atoms. The van der Waals surface area contributed by atoms with Crippen LogP contribution in [0.3, 0.4) is 0 Å². The van der Waals surface area contributed by atoms with Crippen molar-refractivity contribution in [3.05, 3.63) is 35.4 Å². The highest BCUT2D eigenvalue weighted by Crippen LogP contribution is 2.53. The van der Waals surface area contributed by atoms with Gasteiger partial charge in [-0.1, -0.05) is 52.7 Å². The molecule has 0 spiro atoms. The highest BCUT2D eigenvalue weighted by Gasteiger charge is 2.30. The van der Waals surface area contributed by atoms with Crippen molar-refractivity contribution in [3.8, 4) is 11.5 Å². The van der Waals surface area contributed by atoms with E-state index in [1.165, 1.54) is 0 Å². The molecule has 2 aromatic carbocycles. The molecule has 0 bridgehead atoms. The lowest BCUT2D eigenvalue weighted by molar-refractivity contribution is 0.152. The zero-order valence-electron chi connectivity index (χ0n) is 17.5. The number of aryl methyl sites for hydroxylation is 2. The summed E-state index contributed by atoms with van der Waals surface area (Å²) in [6.45, 7) is 8.75. The van der Waals surface area contributed by atoms with E-state index in [0.29, 0.717) is 36.2 Å². The molecule has 0 heterocycles. The quantitative estimate of drug-likeness (QED) is 0.309. The normalized spacial score (nSPS) is 11.9. The molecule has 0 saturated carbocycles. The first-order valence-electron chi connectivity index (χ1n) is 10.3. The Morgan fingerprint density at radius 3 is 2.07 bits per heavy atom. The molecule has 0 atom stereocenters. The number of rotatable bonds is 12. The summed E-state index contributed by atoms with van der Waals surface area (Å²) in [5, 5.41) is 11.9. The van der Waals surface area contributed by atoms with E-state index in [-0.39, 0.29) is 5.75 Å². The summed E-state index contributed by atoms with van der Waals surface area (Å²) in [7, 11) is -3.76.